The Morgan fingerprint density at radius 2 is 1.92 bits per heavy atom. The van der Waals surface area contributed by atoms with Crippen molar-refractivity contribution >= 4 is 0 Å². The molecule has 3 nitrogen and oxygen atoms in total. The Morgan fingerprint density at radius 1 is 1.23 bits per heavy atom. The van der Waals surface area contributed by atoms with Gasteiger partial charge in [0.1, 0.15) is 0 Å². The minimum atomic E-state index is 0.294. The van der Waals surface area contributed by atoms with Gasteiger partial charge in [-0.25, -0.2) is 0 Å². The lowest BCUT2D eigenvalue weighted by atomic mass is 10.3. The molecule has 1 unspecified atom stereocenters. The lowest BCUT2D eigenvalue weighted by Gasteiger charge is -2.17. The van der Waals surface area contributed by atoms with Gasteiger partial charge >= 0.3 is 0 Å². The molecule has 0 radical (unpaired) electrons. The Kier molecular flexibility index (Phi) is 8.40. The third-order valence-electron chi connectivity index (χ3n) is 1.71. The molecule has 0 aromatic heterocycles. The van der Waals surface area contributed by atoms with Crippen LogP contribution in [0.25, 0.3) is 0 Å². The Bertz CT molecular complexity index is 107. The predicted octanol–water partition coefficient (Wildman–Crippen LogP) is 1.43. The second-order valence-corrected chi connectivity index (χ2v) is 3.44. The van der Waals surface area contributed by atoms with Crippen molar-refractivity contribution in [2.75, 3.05) is 26.9 Å². The molecule has 1 N–H and O–H groups in total. The van der Waals surface area contributed by atoms with Crippen molar-refractivity contribution in [1.82, 2.24) is 5.32 Å². The maximum atomic E-state index is 5.48. The summed E-state index contributed by atoms with van der Waals surface area (Å²) in [5.74, 6) is 0. The first-order chi connectivity index (χ1) is 6.20. The molecule has 0 heterocycles. The van der Waals surface area contributed by atoms with Gasteiger partial charge in [-0.2, -0.15) is 0 Å². The van der Waals surface area contributed by atoms with Gasteiger partial charge in [-0.3, -0.25) is 0 Å². The molecule has 0 aromatic carbocycles. The summed E-state index contributed by atoms with van der Waals surface area (Å²) in [4.78, 5) is 0. The Labute approximate surface area is 81.8 Å². The standard InChI is InChI=1S/C10H23NO2/c1-5-6-12-7-10(11-4)8-13-9(2)3/h9-11H,5-8H2,1-4H3. The molecule has 0 aliphatic rings. The van der Waals surface area contributed by atoms with Gasteiger partial charge < -0.3 is 14.8 Å². The highest BCUT2D eigenvalue weighted by molar-refractivity contribution is 4.62. The second-order valence-electron chi connectivity index (χ2n) is 3.44. The second kappa shape index (κ2) is 8.48. The molecule has 0 aromatic rings. The molecular formula is C10H23NO2. The molecule has 3 heteroatoms. The quantitative estimate of drug-likeness (QED) is 0.586. The average Bonchev–Trinajstić information content (AvgIpc) is 2.10. The number of nitrogens with one attached hydrogen (secondary N) is 1. The largest absolute Gasteiger partial charge is 0.380 e. The third kappa shape index (κ3) is 8.22. The number of hydrogen-bond donors (Lipinski definition) is 1. The molecule has 0 aliphatic carbocycles. The van der Waals surface area contributed by atoms with E-state index in [9.17, 15) is 0 Å². The maximum absolute atomic E-state index is 5.48. The van der Waals surface area contributed by atoms with Crippen LogP contribution in [0.1, 0.15) is 27.2 Å². The highest BCUT2D eigenvalue weighted by atomic mass is 16.5. The van der Waals surface area contributed by atoms with E-state index in [0.29, 0.717) is 12.1 Å². The van der Waals surface area contributed by atoms with Gasteiger partial charge in [0.05, 0.1) is 25.4 Å². The van der Waals surface area contributed by atoms with Crippen molar-refractivity contribution in [3.8, 4) is 0 Å². The van der Waals surface area contributed by atoms with Gasteiger partial charge in [-0.1, -0.05) is 6.92 Å². The van der Waals surface area contributed by atoms with Crippen LogP contribution in [0.3, 0.4) is 0 Å². The number of rotatable bonds is 8. The molecule has 0 spiro atoms. The van der Waals surface area contributed by atoms with E-state index >= 15 is 0 Å². The van der Waals surface area contributed by atoms with Crippen LogP contribution in [-0.4, -0.2) is 39.0 Å². The zero-order valence-electron chi connectivity index (χ0n) is 9.30. The third-order valence-corrected chi connectivity index (χ3v) is 1.71. The maximum Gasteiger partial charge on any atom is 0.0645 e. The summed E-state index contributed by atoms with van der Waals surface area (Å²) in [6.45, 7) is 8.48. The van der Waals surface area contributed by atoms with E-state index < -0.39 is 0 Å². The Hall–Kier alpha value is -0.120. The fraction of sp³-hybridized carbons (Fsp3) is 1.00. The molecule has 13 heavy (non-hydrogen) atoms. The molecule has 0 aliphatic heterocycles. The van der Waals surface area contributed by atoms with E-state index in [0.717, 1.165) is 26.2 Å². The van der Waals surface area contributed by atoms with E-state index in [4.69, 9.17) is 9.47 Å². The average molecular weight is 189 g/mol. The highest BCUT2D eigenvalue weighted by Gasteiger charge is 2.06. The van der Waals surface area contributed by atoms with Crippen LogP contribution in [0.15, 0.2) is 0 Å². The molecular weight excluding hydrogens is 166 g/mol. The van der Waals surface area contributed by atoms with Gasteiger partial charge in [0.2, 0.25) is 0 Å². The summed E-state index contributed by atoms with van der Waals surface area (Å²) >= 11 is 0. The number of likely N-dealkylation sites (N-methyl/N-ethyl adjacent to an activating group) is 1. The first kappa shape index (κ1) is 12.9. The van der Waals surface area contributed by atoms with E-state index in [-0.39, 0.29) is 0 Å². The summed E-state index contributed by atoms with van der Waals surface area (Å²) in [5, 5.41) is 3.17. The predicted molar refractivity (Wildman–Crippen MR) is 55.0 cm³/mol. The van der Waals surface area contributed by atoms with Crippen LogP contribution in [-0.2, 0) is 9.47 Å². The molecule has 1 atom stereocenters. The molecule has 0 saturated carbocycles. The van der Waals surface area contributed by atoms with Crippen molar-refractivity contribution < 1.29 is 9.47 Å². The molecule has 0 bridgehead atoms. The van der Waals surface area contributed by atoms with E-state index in [1.807, 2.05) is 20.9 Å². The Balaban J connectivity index is 3.39. The SMILES string of the molecule is CCCOCC(COC(C)C)NC. The van der Waals surface area contributed by atoms with Gasteiger partial charge in [-0.05, 0) is 27.3 Å². The van der Waals surface area contributed by atoms with Crippen molar-refractivity contribution in [2.24, 2.45) is 0 Å². The Morgan fingerprint density at radius 3 is 2.38 bits per heavy atom. The summed E-state index contributed by atoms with van der Waals surface area (Å²) in [6, 6.07) is 0.314. The highest BCUT2D eigenvalue weighted by Crippen LogP contribution is 1.93. The lowest BCUT2D eigenvalue weighted by Crippen LogP contribution is -2.35. The first-order valence-electron chi connectivity index (χ1n) is 5.07. The van der Waals surface area contributed by atoms with Crippen molar-refractivity contribution in [3.05, 3.63) is 0 Å². The van der Waals surface area contributed by atoms with Gasteiger partial charge in [-0.15, -0.1) is 0 Å². The fourth-order valence-electron chi connectivity index (χ4n) is 0.893. The number of hydrogen-bond acceptors (Lipinski definition) is 3. The zero-order valence-corrected chi connectivity index (χ0v) is 9.30. The topological polar surface area (TPSA) is 30.5 Å². The van der Waals surface area contributed by atoms with Gasteiger partial charge in [0.25, 0.3) is 0 Å². The van der Waals surface area contributed by atoms with Crippen molar-refractivity contribution in [2.45, 2.75) is 39.3 Å². The molecule has 0 rings (SSSR count). The van der Waals surface area contributed by atoms with Crippen LogP contribution in [0, 0.1) is 0 Å². The van der Waals surface area contributed by atoms with Crippen LogP contribution in [0.4, 0.5) is 0 Å². The van der Waals surface area contributed by atoms with E-state index in [1.165, 1.54) is 0 Å². The van der Waals surface area contributed by atoms with E-state index in [1.54, 1.807) is 0 Å². The zero-order chi connectivity index (χ0) is 10.1. The van der Waals surface area contributed by atoms with Crippen LogP contribution < -0.4 is 5.32 Å². The smallest absolute Gasteiger partial charge is 0.0645 e. The number of ether oxygens (including phenoxy) is 2. The first-order valence-corrected chi connectivity index (χ1v) is 5.07. The van der Waals surface area contributed by atoms with Crippen molar-refractivity contribution in [3.63, 3.8) is 0 Å². The summed E-state index contributed by atoms with van der Waals surface area (Å²) in [5.41, 5.74) is 0. The summed E-state index contributed by atoms with van der Waals surface area (Å²) in [7, 11) is 1.93. The lowest BCUT2D eigenvalue weighted by molar-refractivity contribution is 0.0308. The molecule has 80 valence electrons. The minimum Gasteiger partial charge on any atom is -0.380 e. The van der Waals surface area contributed by atoms with Crippen LogP contribution in [0.2, 0.25) is 0 Å². The molecule has 0 fully saturated rings. The van der Waals surface area contributed by atoms with Crippen molar-refractivity contribution in [1.29, 1.82) is 0 Å². The van der Waals surface area contributed by atoms with Crippen LogP contribution >= 0.6 is 0 Å². The molecule has 0 amide bonds. The van der Waals surface area contributed by atoms with E-state index in [2.05, 4.69) is 12.2 Å². The minimum absolute atomic E-state index is 0.294. The summed E-state index contributed by atoms with van der Waals surface area (Å²) in [6.07, 6.45) is 1.36. The normalized spacial score (nSPS) is 13.6. The summed E-state index contributed by atoms with van der Waals surface area (Å²) < 4.78 is 10.9. The van der Waals surface area contributed by atoms with Crippen LogP contribution in [0.5, 0.6) is 0 Å². The van der Waals surface area contributed by atoms with Gasteiger partial charge in [0.15, 0.2) is 0 Å². The van der Waals surface area contributed by atoms with Gasteiger partial charge in [0, 0.05) is 6.61 Å². The fourth-order valence-corrected chi connectivity index (χ4v) is 0.893. The monoisotopic (exact) mass is 189 g/mol. The molecule has 0 saturated heterocycles.